The van der Waals surface area contributed by atoms with Gasteiger partial charge in [-0.1, -0.05) is 18.7 Å². The molecule has 1 aliphatic heterocycles. The van der Waals surface area contributed by atoms with Crippen molar-refractivity contribution in [3.05, 3.63) is 54.2 Å². The predicted molar refractivity (Wildman–Crippen MR) is 114 cm³/mol. The van der Waals surface area contributed by atoms with Gasteiger partial charge < -0.3 is 21.1 Å². The van der Waals surface area contributed by atoms with Crippen LogP contribution >= 0.6 is 0 Å². The fourth-order valence-electron chi connectivity index (χ4n) is 3.15. The fourth-order valence-corrected chi connectivity index (χ4v) is 3.15. The molecule has 0 atom stereocenters. The number of allylic oxidation sites excluding steroid dienone is 1. The minimum atomic E-state index is 0.799. The number of aromatic nitrogens is 1. The molecule has 0 unspecified atom stereocenters. The molecule has 0 amide bonds. The normalized spacial score (nSPS) is 14.2. The summed E-state index contributed by atoms with van der Waals surface area (Å²) in [5, 5.41) is 15.1. The predicted octanol–water partition coefficient (Wildman–Crippen LogP) is 4.03. The van der Waals surface area contributed by atoms with Crippen LogP contribution in [0, 0.1) is 5.41 Å². The number of hydrogen-bond acceptors (Lipinski definition) is 6. The van der Waals surface area contributed by atoms with Crippen molar-refractivity contribution in [2.45, 2.75) is 19.3 Å². The molecule has 2 aromatic rings. The van der Waals surface area contributed by atoms with Gasteiger partial charge in [0, 0.05) is 55.6 Å². The maximum absolute atomic E-state index is 7.70. The van der Waals surface area contributed by atoms with E-state index in [4.69, 9.17) is 5.41 Å². The SMILES string of the molecule is C=C(/C=N\NC)c1ccc(C=N)c(Nc2ccnc(N3CCCCC3)c2)c1. The monoisotopic (exact) mass is 362 g/mol. The Hall–Kier alpha value is -3.15. The summed E-state index contributed by atoms with van der Waals surface area (Å²) in [6.45, 7) is 6.17. The number of nitrogens with zero attached hydrogens (tertiary/aromatic N) is 3. The van der Waals surface area contributed by atoms with Gasteiger partial charge in [-0.3, -0.25) is 0 Å². The Morgan fingerprint density at radius 2 is 2.04 bits per heavy atom. The first-order valence-electron chi connectivity index (χ1n) is 9.23. The Morgan fingerprint density at radius 1 is 1.22 bits per heavy atom. The van der Waals surface area contributed by atoms with E-state index in [9.17, 15) is 0 Å². The zero-order valence-corrected chi connectivity index (χ0v) is 15.7. The third-order valence-electron chi connectivity index (χ3n) is 4.63. The third-order valence-corrected chi connectivity index (χ3v) is 4.63. The van der Waals surface area contributed by atoms with Crippen LogP contribution < -0.4 is 15.6 Å². The van der Waals surface area contributed by atoms with Crippen molar-refractivity contribution < 1.29 is 0 Å². The molecule has 2 heterocycles. The lowest BCUT2D eigenvalue weighted by Gasteiger charge is -2.28. The molecule has 1 fully saturated rings. The van der Waals surface area contributed by atoms with Gasteiger partial charge in [0.2, 0.25) is 0 Å². The van der Waals surface area contributed by atoms with Gasteiger partial charge in [0.1, 0.15) is 5.82 Å². The van der Waals surface area contributed by atoms with Crippen LogP contribution in [-0.4, -0.2) is 37.6 Å². The van der Waals surface area contributed by atoms with E-state index in [1.165, 1.54) is 25.5 Å². The Labute approximate surface area is 160 Å². The molecule has 27 heavy (non-hydrogen) atoms. The molecule has 0 bridgehead atoms. The number of anilines is 3. The van der Waals surface area contributed by atoms with Crippen molar-refractivity contribution >= 4 is 35.2 Å². The quantitative estimate of drug-likeness (QED) is 0.513. The lowest BCUT2D eigenvalue weighted by atomic mass is 10.0. The number of rotatable bonds is 7. The van der Waals surface area contributed by atoms with Crippen molar-refractivity contribution in [1.29, 1.82) is 5.41 Å². The van der Waals surface area contributed by atoms with E-state index in [-0.39, 0.29) is 0 Å². The molecule has 0 radical (unpaired) electrons. The number of hydrogen-bond donors (Lipinski definition) is 3. The smallest absolute Gasteiger partial charge is 0.130 e. The topological polar surface area (TPSA) is 76.4 Å². The van der Waals surface area contributed by atoms with Crippen LogP contribution in [0.1, 0.15) is 30.4 Å². The van der Waals surface area contributed by atoms with Crippen LogP contribution in [0.5, 0.6) is 0 Å². The van der Waals surface area contributed by atoms with E-state index in [1.54, 1.807) is 13.3 Å². The molecule has 1 aliphatic rings. The second-order valence-electron chi connectivity index (χ2n) is 6.53. The summed E-state index contributed by atoms with van der Waals surface area (Å²) < 4.78 is 0. The second-order valence-corrected chi connectivity index (χ2v) is 6.53. The van der Waals surface area contributed by atoms with Gasteiger partial charge in [0.25, 0.3) is 0 Å². The highest BCUT2D eigenvalue weighted by molar-refractivity contribution is 6.09. The van der Waals surface area contributed by atoms with Gasteiger partial charge in [0.15, 0.2) is 0 Å². The van der Waals surface area contributed by atoms with Crippen molar-refractivity contribution in [1.82, 2.24) is 10.4 Å². The van der Waals surface area contributed by atoms with E-state index in [2.05, 4.69) is 38.4 Å². The molecule has 3 N–H and O–H groups in total. The molecule has 6 heteroatoms. The van der Waals surface area contributed by atoms with Gasteiger partial charge in [-0.05, 0) is 42.5 Å². The summed E-state index contributed by atoms with van der Waals surface area (Å²) in [5.74, 6) is 0.998. The molecule has 0 saturated carbocycles. The largest absolute Gasteiger partial charge is 0.357 e. The molecule has 140 valence electrons. The van der Waals surface area contributed by atoms with Gasteiger partial charge >= 0.3 is 0 Å². The van der Waals surface area contributed by atoms with E-state index in [0.717, 1.165) is 47.0 Å². The summed E-state index contributed by atoms with van der Waals surface area (Å²) in [7, 11) is 1.75. The Bertz CT molecular complexity index is 836. The number of benzene rings is 1. The van der Waals surface area contributed by atoms with E-state index in [1.807, 2.05) is 30.5 Å². The summed E-state index contributed by atoms with van der Waals surface area (Å²) >= 11 is 0. The molecular weight excluding hydrogens is 336 g/mol. The third kappa shape index (κ3) is 4.73. The zero-order chi connectivity index (χ0) is 19.1. The van der Waals surface area contributed by atoms with Crippen LogP contribution in [0.3, 0.4) is 0 Å². The molecule has 3 rings (SSSR count). The van der Waals surface area contributed by atoms with Crippen molar-refractivity contribution in [2.75, 3.05) is 30.4 Å². The molecule has 1 aromatic carbocycles. The highest BCUT2D eigenvalue weighted by Crippen LogP contribution is 2.26. The first kappa shape index (κ1) is 18.6. The molecule has 6 nitrogen and oxygen atoms in total. The summed E-state index contributed by atoms with van der Waals surface area (Å²) in [5.41, 5.74) is 7.11. The van der Waals surface area contributed by atoms with Crippen molar-refractivity contribution in [3.63, 3.8) is 0 Å². The van der Waals surface area contributed by atoms with Crippen LogP contribution in [0.2, 0.25) is 0 Å². The maximum Gasteiger partial charge on any atom is 0.130 e. The van der Waals surface area contributed by atoms with E-state index >= 15 is 0 Å². The lowest BCUT2D eigenvalue weighted by molar-refractivity contribution is 0.573. The minimum absolute atomic E-state index is 0.799. The van der Waals surface area contributed by atoms with E-state index in [0.29, 0.717) is 0 Å². The van der Waals surface area contributed by atoms with Gasteiger partial charge in [-0.25, -0.2) is 4.98 Å². The summed E-state index contributed by atoms with van der Waals surface area (Å²) in [6.07, 6.45) is 8.60. The standard InChI is InChI=1S/C21H26N6/c1-16(15-25-23-2)17-6-7-18(14-22)20(12-17)26-19-8-9-24-21(13-19)27-10-4-3-5-11-27/h6-9,12-15,22-23H,1,3-5,10-11H2,2H3,(H,24,26)/b22-14?,25-15-. The molecule has 1 aromatic heterocycles. The average molecular weight is 362 g/mol. The van der Waals surface area contributed by atoms with Gasteiger partial charge in [-0.15, -0.1) is 0 Å². The number of hydrazone groups is 1. The van der Waals surface area contributed by atoms with E-state index < -0.39 is 0 Å². The zero-order valence-electron chi connectivity index (χ0n) is 15.7. The summed E-state index contributed by atoms with van der Waals surface area (Å²) in [6, 6.07) is 9.87. The van der Waals surface area contributed by atoms with Gasteiger partial charge in [-0.2, -0.15) is 5.10 Å². The molecular formula is C21H26N6. The van der Waals surface area contributed by atoms with Gasteiger partial charge in [0.05, 0.1) is 6.21 Å². The highest BCUT2D eigenvalue weighted by Gasteiger charge is 2.13. The Kier molecular flexibility index (Phi) is 6.20. The Morgan fingerprint density at radius 3 is 2.78 bits per heavy atom. The lowest BCUT2D eigenvalue weighted by Crippen LogP contribution is -2.30. The Balaban J connectivity index is 1.84. The maximum atomic E-state index is 7.70. The summed E-state index contributed by atoms with van der Waals surface area (Å²) in [4.78, 5) is 6.86. The number of pyridine rings is 1. The fraction of sp³-hybridized carbons (Fsp3) is 0.286. The van der Waals surface area contributed by atoms with Crippen LogP contribution in [0.15, 0.2) is 48.2 Å². The van der Waals surface area contributed by atoms with Crippen LogP contribution in [0.25, 0.3) is 5.57 Å². The first-order valence-corrected chi connectivity index (χ1v) is 9.23. The number of piperidine rings is 1. The molecule has 0 spiro atoms. The van der Waals surface area contributed by atoms with Crippen LogP contribution in [-0.2, 0) is 0 Å². The molecule has 0 aliphatic carbocycles. The second kappa shape index (κ2) is 8.98. The highest BCUT2D eigenvalue weighted by atomic mass is 15.3. The van der Waals surface area contributed by atoms with Crippen LogP contribution in [0.4, 0.5) is 17.2 Å². The average Bonchev–Trinajstić information content (AvgIpc) is 2.73. The molecule has 1 saturated heterocycles. The van der Waals surface area contributed by atoms with Crippen molar-refractivity contribution in [2.24, 2.45) is 5.10 Å². The minimum Gasteiger partial charge on any atom is -0.357 e. The van der Waals surface area contributed by atoms with Crippen molar-refractivity contribution in [3.8, 4) is 0 Å². The first-order chi connectivity index (χ1) is 13.2. The number of nitrogens with one attached hydrogen (secondary N) is 3.